The molecule has 0 bridgehead atoms. The fourth-order valence-electron chi connectivity index (χ4n) is 4.42. The Balaban J connectivity index is 1.61. The van der Waals surface area contributed by atoms with Crippen LogP contribution in [0.2, 0.25) is 0 Å². The summed E-state index contributed by atoms with van der Waals surface area (Å²) in [5, 5.41) is 13.8. The molecule has 0 saturated heterocycles. The number of nitriles is 1. The highest BCUT2D eigenvalue weighted by Crippen LogP contribution is 2.29. The van der Waals surface area contributed by atoms with Crippen molar-refractivity contribution >= 4 is 33.7 Å². The minimum absolute atomic E-state index is 0.129. The molecule has 0 atom stereocenters. The Labute approximate surface area is 208 Å². The number of benzene rings is 3. The second-order valence-electron chi connectivity index (χ2n) is 8.48. The summed E-state index contributed by atoms with van der Waals surface area (Å²) in [6.45, 7) is 2.83. The first-order valence-electron chi connectivity index (χ1n) is 11.7. The topological polar surface area (TPSA) is 83.1 Å². The average molecular weight is 480 g/mol. The van der Waals surface area contributed by atoms with Gasteiger partial charge in [-0.1, -0.05) is 73.6 Å². The molecule has 0 unspecified atom stereocenters. The number of thioether (sulfide) groups is 1. The van der Waals surface area contributed by atoms with Gasteiger partial charge in [-0.25, -0.2) is 10.4 Å². The van der Waals surface area contributed by atoms with Gasteiger partial charge in [-0.2, -0.15) is 10.4 Å². The van der Waals surface area contributed by atoms with Gasteiger partial charge in [0, 0.05) is 24.3 Å². The number of hydrogen-bond acceptors (Lipinski definition) is 5. The Hall–Kier alpha value is -3.89. The maximum Gasteiger partial charge on any atom is 0.299 e. The highest BCUT2D eigenvalue weighted by atomic mass is 32.2. The van der Waals surface area contributed by atoms with Crippen LogP contribution in [0.25, 0.3) is 22.2 Å². The van der Waals surface area contributed by atoms with Crippen molar-refractivity contribution in [2.75, 3.05) is 5.75 Å². The lowest BCUT2D eigenvalue weighted by Gasteiger charge is -2.15. The number of nitrogens with zero attached hydrogens (tertiary/aromatic N) is 4. The maximum absolute atomic E-state index is 11.5. The number of hydrazone groups is 1. The number of fused-ring (bicyclic) bond motifs is 1. The van der Waals surface area contributed by atoms with Crippen LogP contribution < -0.4 is 5.43 Å². The molecule has 1 N–H and O–H groups in total. The second-order valence-corrected chi connectivity index (χ2v) is 9.43. The zero-order valence-electron chi connectivity index (χ0n) is 19.5. The quantitative estimate of drug-likeness (QED) is 0.346. The van der Waals surface area contributed by atoms with Crippen molar-refractivity contribution in [2.45, 2.75) is 32.7 Å². The highest BCUT2D eigenvalue weighted by molar-refractivity contribution is 8.14. The fourth-order valence-corrected chi connectivity index (χ4v) is 5.03. The minimum atomic E-state index is -0.129. The smallest absolute Gasteiger partial charge is 0.299 e. The number of aryl methyl sites for hydroxylation is 1. The highest BCUT2D eigenvalue weighted by Gasteiger charge is 2.18. The molecule has 0 aliphatic carbocycles. The van der Waals surface area contributed by atoms with Gasteiger partial charge in [-0.05, 0) is 41.3 Å². The predicted molar refractivity (Wildman–Crippen MR) is 142 cm³/mol. The molecule has 4 aromatic rings. The number of carbonyl (C=O) groups is 1. The van der Waals surface area contributed by atoms with Crippen molar-refractivity contribution in [3.05, 3.63) is 89.2 Å². The Morgan fingerprint density at radius 1 is 1.09 bits per heavy atom. The van der Waals surface area contributed by atoms with E-state index in [1.165, 1.54) is 11.8 Å². The molecular weight excluding hydrogens is 454 g/mol. The Bertz CT molecular complexity index is 1480. The van der Waals surface area contributed by atoms with E-state index < -0.39 is 0 Å². The molecule has 3 aromatic carbocycles. The van der Waals surface area contributed by atoms with Gasteiger partial charge in [-0.15, -0.1) is 0 Å². The van der Waals surface area contributed by atoms with Crippen LogP contribution in [-0.2, 0) is 13.0 Å². The van der Waals surface area contributed by atoms with Gasteiger partial charge in [0.25, 0.3) is 5.24 Å². The van der Waals surface area contributed by atoms with E-state index in [4.69, 9.17) is 4.98 Å². The lowest BCUT2D eigenvalue weighted by Crippen LogP contribution is -2.23. The van der Waals surface area contributed by atoms with Crippen molar-refractivity contribution in [1.82, 2.24) is 15.0 Å². The summed E-state index contributed by atoms with van der Waals surface area (Å²) in [6, 6.07) is 24.5. The lowest BCUT2D eigenvalue weighted by molar-refractivity contribution is 0.261. The molecule has 174 valence electrons. The third-order valence-corrected chi connectivity index (χ3v) is 6.99. The average Bonchev–Trinajstić information content (AvgIpc) is 3.24. The standard InChI is InChI=1S/C28H25N5OS/c1-2-3-12-27-30-24-14-13-19(25-18-35-28(34)32-31-25)15-26(24)33(27)17-21-9-5-7-11-23(21)22-10-6-4-8-20(22)16-29/h4-11,13-15H,2-3,12,17-18H2,1H3,(H,32,34). The van der Waals surface area contributed by atoms with Gasteiger partial charge >= 0.3 is 0 Å². The number of nitrogens with one attached hydrogen (secondary N) is 1. The molecule has 0 radical (unpaired) electrons. The monoisotopic (exact) mass is 479 g/mol. The predicted octanol–water partition coefficient (Wildman–Crippen LogP) is 6.13. The van der Waals surface area contributed by atoms with E-state index in [0.29, 0.717) is 17.9 Å². The minimum Gasteiger partial charge on any atom is -0.323 e. The van der Waals surface area contributed by atoms with Crippen LogP contribution in [0.3, 0.4) is 0 Å². The number of rotatable bonds is 7. The molecular formula is C28H25N5OS. The SMILES string of the molecule is CCCCc1nc2ccc(C3=NNC(=O)SC3)cc2n1Cc1ccccc1-c1ccccc1C#N. The molecule has 0 spiro atoms. The third kappa shape index (κ3) is 4.71. The van der Waals surface area contributed by atoms with Crippen molar-refractivity contribution in [3.8, 4) is 17.2 Å². The van der Waals surface area contributed by atoms with Crippen LogP contribution in [0.5, 0.6) is 0 Å². The van der Waals surface area contributed by atoms with Crippen LogP contribution in [0.15, 0.2) is 71.8 Å². The van der Waals surface area contributed by atoms with Gasteiger partial charge < -0.3 is 4.57 Å². The Kier molecular flexibility index (Phi) is 6.64. The summed E-state index contributed by atoms with van der Waals surface area (Å²) >= 11 is 1.22. The zero-order chi connectivity index (χ0) is 24.2. The fraction of sp³-hybridized carbons (Fsp3) is 0.214. The second kappa shape index (κ2) is 10.2. The van der Waals surface area contributed by atoms with Gasteiger partial charge in [0.15, 0.2) is 0 Å². The summed E-state index contributed by atoms with van der Waals surface area (Å²) in [4.78, 5) is 16.5. The molecule has 1 aliphatic rings. The van der Waals surface area contributed by atoms with Crippen molar-refractivity contribution in [2.24, 2.45) is 5.10 Å². The third-order valence-electron chi connectivity index (χ3n) is 6.22. The molecule has 1 aliphatic heterocycles. The van der Waals surface area contributed by atoms with E-state index in [1.807, 2.05) is 48.5 Å². The molecule has 2 heterocycles. The van der Waals surface area contributed by atoms with Crippen LogP contribution in [0.4, 0.5) is 4.79 Å². The largest absolute Gasteiger partial charge is 0.323 e. The molecule has 5 rings (SSSR count). The van der Waals surface area contributed by atoms with Crippen molar-refractivity contribution < 1.29 is 4.79 Å². The summed E-state index contributed by atoms with van der Waals surface area (Å²) in [6.07, 6.45) is 3.04. The summed E-state index contributed by atoms with van der Waals surface area (Å²) < 4.78 is 2.29. The van der Waals surface area contributed by atoms with Gasteiger partial charge in [0.2, 0.25) is 0 Å². The van der Waals surface area contributed by atoms with Crippen LogP contribution in [-0.4, -0.2) is 26.3 Å². The summed E-state index contributed by atoms with van der Waals surface area (Å²) in [5.41, 5.74) is 10.2. The van der Waals surface area contributed by atoms with E-state index in [9.17, 15) is 10.1 Å². The number of hydrogen-bond donors (Lipinski definition) is 1. The first-order chi connectivity index (χ1) is 17.2. The molecule has 7 heteroatoms. The molecule has 1 aromatic heterocycles. The van der Waals surface area contributed by atoms with E-state index in [-0.39, 0.29) is 5.24 Å². The number of imidazole rings is 1. The normalized spacial score (nSPS) is 13.4. The maximum atomic E-state index is 11.5. The molecule has 6 nitrogen and oxygen atoms in total. The van der Waals surface area contributed by atoms with Crippen LogP contribution >= 0.6 is 11.8 Å². The molecule has 1 amide bonds. The van der Waals surface area contributed by atoms with E-state index in [0.717, 1.165) is 64.1 Å². The first kappa shape index (κ1) is 22.9. The van der Waals surface area contributed by atoms with E-state index in [1.54, 1.807) is 0 Å². The number of amides is 1. The summed E-state index contributed by atoms with van der Waals surface area (Å²) in [7, 11) is 0. The lowest BCUT2D eigenvalue weighted by atomic mass is 9.95. The molecule has 35 heavy (non-hydrogen) atoms. The number of carbonyl (C=O) groups excluding carboxylic acids is 1. The van der Waals surface area contributed by atoms with Gasteiger partial charge in [-0.3, -0.25) is 4.79 Å². The molecule has 0 saturated carbocycles. The van der Waals surface area contributed by atoms with Gasteiger partial charge in [0.1, 0.15) is 5.82 Å². The van der Waals surface area contributed by atoms with Crippen molar-refractivity contribution in [3.63, 3.8) is 0 Å². The van der Waals surface area contributed by atoms with Crippen LogP contribution in [0, 0.1) is 11.3 Å². The van der Waals surface area contributed by atoms with E-state index >= 15 is 0 Å². The van der Waals surface area contributed by atoms with Crippen molar-refractivity contribution in [1.29, 1.82) is 5.26 Å². The van der Waals surface area contributed by atoms with E-state index in [2.05, 4.69) is 46.3 Å². The Morgan fingerprint density at radius 2 is 1.89 bits per heavy atom. The summed E-state index contributed by atoms with van der Waals surface area (Å²) in [5.74, 6) is 1.60. The number of aromatic nitrogens is 2. The molecule has 0 fully saturated rings. The van der Waals surface area contributed by atoms with Crippen LogP contribution in [0.1, 0.15) is 42.3 Å². The van der Waals surface area contributed by atoms with Gasteiger partial charge in [0.05, 0.1) is 28.4 Å². The Morgan fingerprint density at radius 3 is 2.66 bits per heavy atom. The first-order valence-corrected chi connectivity index (χ1v) is 12.7. The zero-order valence-corrected chi connectivity index (χ0v) is 20.3. The number of unbranched alkanes of at least 4 members (excludes halogenated alkanes) is 1.